The van der Waals surface area contributed by atoms with Crippen LogP contribution in [0.2, 0.25) is 0 Å². The maximum absolute atomic E-state index is 13.8. The van der Waals surface area contributed by atoms with Gasteiger partial charge in [0.15, 0.2) is 0 Å². The summed E-state index contributed by atoms with van der Waals surface area (Å²) in [5, 5.41) is 3.36. The van der Waals surface area contributed by atoms with Gasteiger partial charge in [0.1, 0.15) is 11.6 Å². The van der Waals surface area contributed by atoms with E-state index < -0.39 is 11.6 Å². The second-order valence-electron chi connectivity index (χ2n) is 5.29. The molecule has 0 saturated carbocycles. The molecular weight excluding hydrogens is 260 g/mol. The maximum atomic E-state index is 13.8. The van der Waals surface area contributed by atoms with E-state index in [-0.39, 0.29) is 5.41 Å². The Bertz CT molecular complexity index is 405. The fourth-order valence-corrected chi connectivity index (χ4v) is 2.41. The Morgan fingerprint density at radius 1 is 1.20 bits per heavy atom. The van der Waals surface area contributed by atoms with E-state index in [1.807, 2.05) is 0 Å². The van der Waals surface area contributed by atoms with Gasteiger partial charge >= 0.3 is 0 Å². The van der Waals surface area contributed by atoms with Crippen LogP contribution < -0.4 is 5.32 Å². The van der Waals surface area contributed by atoms with Gasteiger partial charge in [-0.25, -0.2) is 8.78 Å². The highest BCUT2D eigenvalue weighted by molar-refractivity contribution is 5.20. The van der Waals surface area contributed by atoms with E-state index in [9.17, 15) is 8.78 Å². The fraction of sp³-hybridized carbons (Fsp3) is 0.625. The number of rotatable bonds is 9. The Balaban J connectivity index is 2.74. The molecule has 0 saturated heterocycles. The van der Waals surface area contributed by atoms with Crippen molar-refractivity contribution in [3.8, 4) is 0 Å². The van der Waals surface area contributed by atoms with Crippen molar-refractivity contribution in [2.75, 3.05) is 26.8 Å². The van der Waals surface area contributed by atoms with Gasteiger partial charge in [0.25, 0.3) is 0 Å². The Kier molecular flexibility index (Phi) is 7.10. The molecule has 0 radical (unpaired) electrons. The van der Waals surface area contributed by atoms with E-state index in [2.05, 4.69) is 19.2 Å². The lowest BCUT2D eigenvalue weighted by Crippen LogP contribution is -2.37. The second kappa shape index (κ2) is 8.32. The highest BCUT2D eigenvalue weighted by Gasteiger charge is 2.27. The molecule has 0 fully saturated rings. The van der Waals surface area contributed by atoms with Crippen LogP contribution in [0.3, 0.4) is 0 Å². The Morgan fingerprint density at radius 3 is 2.45 bits per heavy atom. The van der Waals surface area contributed by atoms with E-state index in [4.69, 9.17) is 4.74 Å². The summed E-state index contributed by atoms with van der Waals surface area (Å²) >= 11 is 0. The lowest BCUT2D eigenvalue weighted by molar-refractivity contribution is 0.185. The van der Waals surface area contributed by atoms with Crippen molar-refractivity contribution in [1.82, 2.24) is 5.32 Å². The predicted molar refractivity (Wildman–Crippen MR) is 77.8 cm³/mol. The smallest absolute Gasteiger partial charge is 0.129 e. The highest BCUT2D eigenvalue weighted by atomic mass is 19.1. The van der Waals surface area contributed by atoms with Crippen LogP contribution in [0.1, 0.15) is 32.3 Å². The zero-order valence-electron chi connectivity index (χ0n) is 12.6. The van der Waals surface area contributed by atoms with Crippen molar-refractivity contribution in [3.05, 3.63) is 35.4 Å². The minimum atomic E-state index is -0.525. The molecule has 0 aromatic heterocycles. The Labute approximate surface area is 120 Å². The number of methoxy groups -OCH3 is 1. The molecule has 1 aromatic rings. The van der Waals surface area contributed by atoms with E-state index in [0.717, 1.165) is 32.0 Å². The molecule has 114 valence electrons. The predicted octanol–water partition coefficient (Wildman–Crippen LogP) is 3.55. The molecule has 1 rings (SSSR count). The van der Waals surface area contributed by atoms with Crippen LogP contribution in [-0.4, -0.2) is 26.8 Å². The van der Waals surface area contributed by atoms with Gasteiger partial charge in [-0.15, -0.1) is 0 Å². The number of nitrogens with one attached hydrogen (secondary N) is 1. The normalized spacial score (nSPS) is 11.8. The summed E-state index contributed by atoms with van der Waals surface area (Å²) in [7, 11) is 1.67. The third kappa shape index (κ3) is 4.84. The molecule has 0 aliphatic heterocycles. The molecule has 4 heteroatoms. The van der Waals surface area contributed by atoms with E-state index in [1.54, 1.807) is 13.2 Å². The first-order chi connectivity index (χ1) is 9.56. The van der Waals surface area contributed by atoms with Gasteiger partial charge in [-0.3, -0.25) is 0 Å². The van der Waals surface area contributed by atoms with Gasteiger partial charge in [0.2, 0.25) is 0 Å². The molecule has 0 aliphatic carbocycles. The van der Waals surface area contributed by atoms with Gasteiger partial charge in [0, 0.05) is 26.3 Å². The summed E-state index contributed by atoms with van der Waals surface area (Å²) in [5.41, 5.74) is 0.579. The molecule has 0 spiro atoms. The van der Waals surface area contributed by atoms with E-state index >= 15 is 0 Å². The molecule has 0 unspecified atom stereocenters. The Hall–Kier alpha value is -1.00. The third-order valence-electron chi connectivity index (χ3n) is 4.06. The van der Waals surface area contributed by atoms with Crippen molar-refractivity contribution in [2.45, 2.75) is 33.1 Å². The molecule has 0 bridgehead atoms. The van der Waals surface area contributed by atoms with E-state index in [0.29, 0.717) is 18.6 Å². The van der Waals surface area contributed by atoms with Crippen LogP contribution >= 0.6 is 0 Å². The Morgan fingerprint density at radius 2 is 1.90 bits per heavy atom. The summed E-state index contributed by atoms with van der Waals surface area (Å²) in [6.45, 7) is 6.48. The highest BCUT2D eigenvalue weighted by Crippen LogP contribution is 2.31. The average molecular weight is 285 g/mol. The largest absolute Gasteiger partial charge is 0.383 e. The number of hydrogen-bond acceptors (Lipinski definition) is 2. The molecule has 20 heavy (non-hydrogen) atoms. The zero-order valence-corrected chi connectivity index (χ0v) is 12.6. The quantitative estimate of drug-likeness (QED) is 0.701. The first-order valence-corrected chi connectivity index (χ1v) is 7.20. The summed E-state index contributed by atoms with van der Waals surface area (Å²) in [4.78, 5) is 0. The minimum Gasteiger partial charge on any atom is -0.383 e. The second-order valence-corrected chi connectivity index (χ2v) is 5.29. The van der Waals surface area contributed by atoms with Crippen molar-refractivity contribution in [2.24, 2.45) is 5.41 Å². The first kappa shape index (κ1) is 17.1. The molecular formula is C16H25F2NO. The van der Waals surface area contributed by atoms with Crippen molar-refractivity contribution in [3.63, 3.8) is 0 Å². The molecule has 0 aliphatic rings. The third-order valence-corrected chi connectivity index (χ3v) is 4.06. The molecule has 1 N–H and O–H groups in total. The fourth-order valence-electron chi connectivity index (χ4n) is 2.41. The van der Waals surface area contributed by atoms with Crippen LogP contribution in [0.4, 0.5) is 8.78 Å². The van der Waals surface area contributed by atoms with Crippen molar-refractivity contribution in [1.29, 1.82) is 0 Å². The van der Waals surface area contributed by atoms with Crippen molar-refractivity contribution < 1.29 is 13.5 Å². The maximum Gasteiger partial charge on any atom is 0.129 e. The van der Waals surface area contributed by atoms with Gasteiger partial charge < -0.3 is 10.1 Å². The van der Waals surface area contributed by atoms with Crippen molar-refractivity contribution >= 4 is 0 Å². The summed E-state index contributed by atoms with van der Waals surface area (Å²) in [6, 6.07) is 3.84. The SMILES string of the molecule is CCC(CC)(CNCCOC)Cc1ccc(F)cc1F. The molecule has 0 amide bonds. The molecule has 1 aromatic carbocycles. The lowest BCUT2D eigenvalue weighted by atomic mass is 9.76. The van der Waals surface area contributed by atoms with Crippen LogP contribution in [0.25, 0.3) is 0 Å². The molecule has 2 nitrogen and oxygen atoms in total. The topological polar surface area (TPSA) is 21.3 Å². The summed E-state index contributed by atoms with van der Waals surface area (Å²) in [5.74, 6) is -0.976. The number of ether oxygens (including phenoxy) is 1. The monoisotopic (exact) mass is 285 g/mol. The number of hydrogen-bond donors (Lipinski definition) is 1. The van der Waals surface area contributed by atoms with Gasteiger partial charge in [-0.2, -0.15) is 0 Å². The molecule has 0 atom stereocenters. The van der Waals surface area contributed by atoms with Crippen LogP contribution in [-0.2, 0) is 11.2 Å². The average Bonchev–Trinajstić information content (AvgIpc) is 2.45. The number of benzene rings is 1. The molecule has 0 heterocycles. The lowest BCUT2D eigenvalue weighted by Gasteiger charge is -2.32. The van der Waals surface area contributed by atoms with Crippen LogP contribution in [0.5, 0.6) is 0 Å². The van der Waals surface area contributed by atoms with Gasteiger partial charge in [-0.05, 0) is 36.3 Å². The van der Waals surface area contributed by atoms with E-state index in [1.165, 1.54) is 6.07 Å². The van der Waals surface area contributed by atoms with Crippen LogP contribution in [0, 0.1) is 17.0 Å². The first-order valence-electron chi connectivity index (χ1n) is 7.20. The summed E-state index contributed by atoms with van der Waals surface area (Å²) < 4.78 is 31.8. The number of halogens is 2. The van der Waals surface area contributed by atoms with Gasteiger partial charge in [0.05, 0.1) is 6.61 Å². The minimum absolute atomic E-state index is 0.00753. The van der Waals surface area contributed by atoms with Gasteiger partial charge in [-0.1, -0.05) is 19.9 Å². The summed E-state index contributed by atoms with van der Waals surface area (Å²) in [6.07, 6.45) is 2.51. The standard InChI is InChI=1S/C16H25F2NO/c1-4-16(5-2,12-19-8-9-20-3)11-13-6-7-14(17)10-15(13)18/h6-7,10,19H,4-5,8-9,11-12H2,1-3H3. The van der Waals surface area contributed by atoms with Crippen LogP contribution in [0.15, 0.2) is 18.2 Å². The zero-order chi connectivity index (χ0) is 15.0.